The second-order valence-electron chi connectivity index (χ2n) is 5.73. The fraction of sp³-hybridized carbons (Fsp3) is 0.105. The van der Waals surface area contributed by atoms with E-state index in [2.05, 4.69) is 20.6 Å². The lowest BCUT2D eigenvalue weighted by atomic mass is 10.1. The smallest absolute Gasteiger partial charge is 0.229 e. The molecule has 26 heavy (non-hydrogen) atoms. The van der Waals surface area contributed by atoms with Gasteiger partial charge in [-0.1, -0.05) is 23.7 Å². The van der Waals surface area contributed by atoms with Crippen molar-refractivity contribution in [1.82, 2.24) is 9.97 Å². The van der Waals surface area contributed by atoms with Crippen LogP contribution >= 0.6 is 11.6 Å². The Bertz CT molecular complexity index is 978. The Morgan fingerprint density at radius 1 is 1.04 bits per heavy atom. The number of aromatic nitrogens is 2. The van der Waals surface area contributed by atoms with Crippen LogP contribution in [-0.4, -0.2) is 15.8 Å². The number of benzene rings is 2. The number of carbonyl (C=O) groups is 1. The van der Waals surface area contributed by atoms with Gasteiger partial charge in [0.1, 0.15) is 11.6 Å². The van der Waals surface area contributed by atoms with Gasteiger partial charge in [0, 0.05) is 28.7 Å². The van der Waals surface area contributed by atoms with Crippen LogP contribution in [0.25, 0.3) is 0 Å². The summed E-state index contributed by atoms with van der Waals surface area (Å²) in [5.74, 6) is 0.407. The highest BCUT2D eigenvalue weighted by Gasteiger charge is 2.07. The molecule has 0 fully saturated rings. The summed E-state index contributed by atoms with van der Waals surface area (Å²) in [6.07, 6.45) is 0. The zero-order valence-corrected chi connectivity index (χ0v) is 14.9. The van der Waals surface area contributed by atoms with Gasteiger partial charge in [0.15, 0.2) is 5.78 Å². The number of hydrogen-bond acceptors (Lipinski definition) is 5. The van der Waals surface area contributed by atoms with Gasteiger partial charge >= 0.3 is 0 Å². The van der Waals surface area contributed by atoms with Crippen molar-refractivity contribution in [1.29, 1.82) is 0 Å². The summed E-state index contributed by atoms with van der Waals surface area (Å²) in [5.41, 5.74) is 2.67. The van der Waals surface area contributed by atoms with E-state index in [0.29, 0.717) is 23.0 Å². The number of nitrogens with zero attached hydrogens (tertiary/aromatic N) is 2. The molecule has 0 radical (unpaired) electrons. The van der Waals surface area contributed by atoms with Crippen LogP contribution in [0, 0.1) is 12.7 Å². The lowest BCUT2D eigenvalue weighted by molar-refractivity contribution is 0.101. The minimum Gasteiger partial charge on any atom is -0.340 e. The first-order valence-electron chi connectivity index (χ1n) is 7.86. The standard InChI is InChI=1S/C19H16ClFN4O/c1-11-8-18(23-14-5-3-4-13(9-14)12(2)26)25-19(22-11)24-15-6-7-17(21)16(20)10-15/h3-10H,1-2H3,(H2,22,23,24,25). The van der Waals surface area contributed by atoms with Crippen molar-refractivity contribution in [3.63, 3.8) is 0 Å². The van der Waals surface area contributed by atoms with Crippen molar-refractivity contribution in [3.8, 4) is 0 Å². The molecule has 0 aliphatic carbocycles. The van der Waals surface area contributed by atoms with E-state index >= 15 is 0 Å². The second-order valence-corrected chi connectivity index (χ2v) is 6.14. The molecule has 0 unspecified atom stereocenters. The van der Waals surface area contributed by atoms with Crippen molar-refractivity contribution in [3.05, 3.63) is 70.6 Å². The number of hydrogen-bond donors (Lipinski definition) is 2. The zero-order chi connectivity index (χ0) is 18.7. The number of aryl methyl sites for hydroxylation is 1. The fourth-order valence-electron chi connectivity index (χ4n) is 2.36. The average Bonchev–Trinajstić information content (AvgIpc) is 2.58. The molecular weight excluding hydrogens is 355 g/mol. The maximum atomic E-state index is 13.3. The summed E-state index contributed by atoms with van der Waals surface area (Å²) in [4.78, 5) is 20.2. The normalized spacial score (nSPS) is 10.5. The fourth-order valence-corrected chi connectivity index (χ4v) is 2.54. The van der Waals surface area contributed by atoms with Crippen LogP contribution < -0.4 is 10.6 Å². The van der Waals surface area contributed by atoms with Gasteiger partial charge in [0.25, 0.3) is 0 Å². The van der Waals surface area contributed by atoms with Gasteiger partial charge in [0.2, 0.25) is 5.95 Å². The first kappa shape index (κ1) is 17.8. The number of ketones is 1. The highest BCUT2D eigenvalue weighted by Crippen LogP contribution is 2.23. The topological polar surface area (TPSA) is 66.9 Å². The molecule has 5 nitrogen and oxygen atoms in total. The predicted octanol–water partition coefficient (Wildman–Crippen LogP) is 5.27. The van der Waals surface area contributed by atoms with Gasteiger partial charge in [-0.05, 0) is 44.2 Å². The summed E-state index contributed by atoms with van der Waals surface area (Å²) in [7, 11) is 0. The van der Waals surface area contributed by atoms with Crippen molar-refractivity contribution < 1.29 is 9.18 Å². The molecule has 0 saturated heterocycles. The molecule has 0 bridgehead atoms. The number of anilines is 4. The number of carbonyl (C=O) groups excluding carboxylic acids is 1. The number of Topliss-reactive ketones (excluding diaryl/α,β-unsaturated/α-hetero) is 1. The molecular formula is C19H16ClFN4O. The van der Waals surface area contributed by atoms with Gasteiger partial charge in [-0.15, -0.1) is 0 Å². The molecule has 1 heterocycles. The third-order valence-corrected chi connectivity index (χ3v) is 3.86. The Morgan fingerprint density at radius 3 is 2.54 bits per heavy atom. The van der Waals surface area contributed by atoms with Crippen molar-refractivity contribution in [2.75, 3.05) is 10.6 Å². The molecule has 7 heteroatoms. The maximum absolute atomic E-state index is 13.3. The van der Waals surface area contributed by atoms with E-state index < -0.39 is 5.82 Å². The summed E-state index contributed by atoms with van der Waals surface area (Å²) >= 11 is 5.79. The van der Waals surface area contributed by atoms with Crippen molar-refractivity contribution in [2.45, 2.75) is 13.8 Å². The van der Waals surface area contributed by atoms with Crippen LogP contribution in [0.1, 0.15) is 23.0 Å². The molecule has 2 aromatic carbocycles. The number of nitrogens with one attached hydrogen (secondary N) is 2. The third-order valence-electron chi connectivity index (χ3n) is 3.57. The lowest BCUT2D eigenvalue weighted by Gasteiger charge is -2.11. The van der Waals surface area contributed by atoms with Gasteiger partial charge < -0.3 is 10.6 Å². The van der Waals surface area contributed by atoms with Crippen molar-refractivity contribution >= 4 is 40.5 Å². The predicted molar refractivity (Wildman–Crippen MR) is 101 cm³/mol. The van der Waals surface area contributed by atoms with E-state index in [-0.39, 0.29) is 10.8 Å². The van der Waals surface area contributed by atoms with E-state index in [1.165, 1.54) is 19.1 Å². The summed E-state index contributed by atoms with van der Waals surface area (Å²) in [5, 5.41) is 6.17. The molecule has 132 valence electrons. The van der Waals surface area contributed by atoms with E-state index in [9.17, 15) is 9.18 Å². The van der Waals surface area contributed by atoms with Crippen LogP contribution in [-0.2, 0) is 0 Å². The molecule has 0 amide bonds. The maximum Gasteiger partial charge on any atom is 0.229 e. The van der Waals surface area contributed by atoms with E-state index in [0.717, 1.165) is 11.4 Å². The van der Waals surface area contributed by atoms with Gasteiger partial charge in [-0.2, -0.15) is 4.98 Å². The highest BCUT2D eigenvalue weighted by atomic mass is 35.5. The zero-order valence-electron chi connectivity index (χ0n) is 14.2. The summed E-state index contributed by atoms with van der Waals surface area (Å²) < 4.78 is 13.3. The average molecular weight is 371 g/mol. The Kier molecular flexibility index (Phi) is 5.14. The molecule has 1 aromatic heterocycles. The number of halogens is 2. The van der Waals surface area contributed by atoms with Gasteiger partial charge in [0.05, 0.1) is 5.02 Å². The van der Waals surface area contributed by atoms with Gasteiger partial charge in [-0.25, -0.2) is 9.37 Å². The summed E-state index contributed by atoms with van der Waals surface area (Å²) in [6, 6.07) is 13.2. The van der Waals surface area contributed by atoms with E-state index in [1.54, 1.807) is 30.3 Å². The lowest BCUT2D eigenvalue weighted by Crippen LogP contribution is -2.03. The first-order chi connectivity index (χ1) is 12.4. The Labute approximate surface area is 155 Å². The Morgan fingerprint density at radius 2 is 1.81 bits per heavy atom. The molecule has 0 aliphatic rings. The van der Waals surface area contributed by atoms with Crippen LogP contribution in [0.5, 0.6) is 0 Å². The minimum absolute atomic E-state index is 0.0111. The van der Waals surface area contributed by atoms with Crippen LogP contribution in [0.2, 0.25) is 5.02 Å². The van der Waals surface area contributed by atoms with E-state index in [4.69, 9.17) is 11.6 Å². The van der Waals surface area contributed by atoms with Crippen LogP contribution in [0.4, 0.5) is 27.5 Å². The van der Waals surface area contributed by atoms with Crippen LogP contribution in [0.3, 0.4) is 0 Å². The largest absolute Gasteiger partial charge is 0.340 e. The Hall–Kier alpha value is -2.99. The number of rotatable bonds is 5. The minimum atomic E-state index is -0.491. The molecule has 3 aromatic rings. The molecule has 3 rings (SSSR count). The highest BCUT2D eigenvalue weighted by molar-refractivity contribution is 6.31. The van der Waals surface area contributed by atoms with Gasteiger partial charge in [-0.3, -0.25) is 4.79 Å². The van der Waals surface area contributed by atoms with E-state index in [1.807, 2.05) is 13.0 Å². The summed E-state index contributed by atoms with van der Waals surface area (Å²) in [6.45, 7) is 3.35. The van der Waals surface area contributed by atoms with Crippen molar-refractivity contribution in [2.24, 2.45) is 0 Å². The molecule has 0 saturated carbocycles. The van der Waals surface area contributed by atoms with Crippen LogP contribution in [0.15, 0.2) is 48.5 Å². The Balaban J connectivity index is 1.84. The SMILES string of the molecule is CC(=O)c1cccc(Nc2cc(C)nc(Nc3ccc(F)c(Cl)c3)n2)c1. The first-order valence-corrected chi connectivity index (χ1v) is 8.24. The molecule has 0 spiro atoms. The molecule has 0 aliphatic heterocycles. The second kappa shape index (κ2) is 7.49. The molecule has 0 atom stereocenters. The molecule has 2 N–H and O–H groups in total. The monoisotopic (exact) mass is 370 g/mol. The quantitative estimate of drug-likeness (QED) is 0.599. The third kappa shape index (κ3) is 4.34.